The Bertz CT molecular complexity index is 716. The molecule has 114 valence electrons. The number of nitrogens with zero attached hydrogens (tertiary/aromatic N) is 4. The minimum absolute atomic E-state index is 0.0622. The van der Waals surface area contributed by atoms with Crippen molar-refractivity contribution < 1.29 is 14.0 Å². The number of halogens is 1. The van der Waals surface area contributed by atoms with Gasteiger partial charge >= 0.3 is 0 Å². The number of hydrogen-bond donors (Lipinski definition) is 1. The molecule has 1 fully saturated rings. The summed E-state index contributed by atoms with van der Waals surface area (Å²) in [6, 6.07) is 4.30. The van der Waals surface area contributed by atoms with Crippen molar-refractivity contribution in [3.8, 4) is 5.69 Å². The van der Waals surface area contributed by atoms with Crippen molar-refractivity contribution in [1.29, 1.82) is 0 Å². The molecule has 0 spiro atoms. The maximum absolute atomic E-state index is 14.1. The normalized spacial score (nSPS) is 17.8. The van der Waals surface area contributed by atoms with E-state index in [2.05, 4.69) is 15.4 Å². The van der Waals surface area contributed by atoms with E-state index in [0.29, 0.717) is 12.2 Å². The number of aromatic nitrogens is 3. The molecule has 1 atom stereocenters. The topological polar surface area (TPSA) is 80.1 Å². The van der Waals surface area contributed by atoms with Crippen molar-refractivity contribution in [3.63, 3.8) is 0 Å². The van der Waals surface area contributed by atoms with E-state index in [9.17, 15) is 14.0 Å². The smallest absolute Gasteiger partial charge is 0.229 e. The molecule has 2 heterocycles. The lowest BCUT2D eigenvalue weighted by atomic mass is 10.1. The molecule has 1 aromatic carbocycles. The fourth-order valence-corrected chi connectivity index (χ4v) is 2.39. The van der Waals surface area contributed by atoms with Gasteiger partial charge in [-0.2, -0.15) is 5.10 Å². The van der Waals surface area contributed by atoms with Gasteiger partial charge in [0.05, 0.1) is 5.92 Å². The molecule has 1 aliphatic rings. The molecule has 1 N–H and O–H groups in total. The lowest BCUT2D eigenvalue weighted by Crippen LogP contribution is -2.25. The van der Waals surface area contributed by atoms with Crippen LogP contribution in [0.3, 0.4) is 0 Å². The monoisotopic (exact) mass is 303 g/mol. The molecule has 1 aromatic heterocycles. The molecular weight excluding hydrogens is 289 g/mol. The Morgan fingerprint density at radius 1 is 1.45 bits per heavy atom. The zero-order chi connectivity index (χ0) is 15.7. The number of hydrogen-bond acceptors (Lipinski definition) is 4. The molecule has 8 heteroatoms. The Kier molecular flexibility index (Phi) is 3.58. The first-order valence-electron chi connectivity index (χ1n) is 6.74. The van der Waals surface area contributed by atoms with Gasteiger partial charge in [0.1, 0.15) is 18.3 Å². The van der Waals surface area contributed by atoms with Gasteiger partial charge in [0.2, 0.25) is 11.8 Å². The Balaban J connectivity index is 1.72. The summed E-state index contributed by atoms with van der Waals surface area (Å²) >= 11 is 0. The number of carbonyl (C=O) groups excluding carboxylic acids is 2. The summed E-state index contributed by atoms with van der Waals surface area (Å²) in [4.78, 5) is 28.8. The number of benzene rings is 1. The Hall–Kier alpha value is -2.77. The van der Waals surface area contributed by atoms with Crippen LogP contribution in [0.25, 0.3) is 5.69 Å². The predicted octanol–water partition coefficient (Wildman–Crippen LogP) is 0.823. The molecule has 0 bridgehead atoms. The first-order valence-corrected chi connectivity index (χ1v) is 6.74. The average molecular weight is 303 g/mol. The van der Waals surface area contributed by atoms with Crippen LogP contribution in [-0.4, -0.2) is 45.1 Å². The highest BCUT2D eigenvalue weighted by Crippen LogP contribution is 2.21. The van der Waals surface area contributed by atoms with Crippen LogP contribution < -0.4 is 5.32 Å². The zero-order valence-corrected chi connectivity index (χ0v) is 11.9. The van der Waals surface area contributed by atoms with Gasteiger partial charge in [-0.25, -0.2) is 14.1 Å². The molecular formula is C14H14FN5O2. The second-order valence-corrected chi connectivity index (χ2v) is 5.17. The standard InChI is InChI=1S/C14H14FN5O2/c1-19-6-9(4-13(19)21)14(22)18-10-2-3-12(11(15)5-10)20-8-16-7-17-20/h2-3,5,7-9H,4,6H2,1H3,(H,18,22)/t9-/m0/s1. The summed E-state index contributed by atoms with van der Waals surface area (Å²) in [5, 5.41) is 6.49. The van der Waals surface area contributed by atoms with E-state index < -0.39 is 11.7 Å². The Labute approximate surface area is 125 Å². The van der Waals surface area contributed by atoms with Gasteiger partial charge in [-0.1, -0.05) is 0 Å². The number of carbonyl (C=O) groups is 2. The lowest BCUT2D eigenvalue weighted by molar-refractivity contribution is -0.127. The zero-order valence-electron chi connectivity index (χ0n) is 11.9. The van der Waals surface area contributed by atoms with Crippen molar-refractivity contribution in [1.82, 2.24) is 19.7 Å². The van der Waals surface area contributed by atoms with Gasteiger partial charge in [-0.3, -0.25) is 9.59 Å². The van der Waals surface area contributed by atoms with Gasteiger partial charge in [0, 0.05) is 25.7 Å². The number of anilines is 1. The quantitative estimate of drug-likeness (QED) is 0.910. The van der Waals surface area contributed by atoms with Crippen molar-refractivity contribution >= 4 is 17.5 Å². The largest absolute Gasteiger partial charge is 0.345 e. The second kappa shape index (κ2) is 5.55. The van der Waals surface area contributed by atoms with Gasteiger partial charge in [-0.15, -0.1) is 0 Å². The van der Waals surface area contributed by atoms with Gasteiger partial charge < -0.3 is 10.2 Å². The maximum atomic E-state index is 14.1. The van der Waals surface area contributed by atoms with Crippen LogP contribution >= 0.6 is 0 Å². The van der Waals surface area contributed by atoms with Crippen molar-refractivity contribution in [2.45, 2.75) is 6.42 Å². The SMILES string of the molecule is CN1C[C@@H](C(=O)Nc2ccc(-n3cncn3)c(F)c2)CC1=O. The van der Waals surface area contributed by atoms with Crippen molar-refractivity contribution in [3.05, 3.63) is 36.7 Å². The summed E-state index contributed by atoms with van der Waals surface area (Å²) in [7, 11) is 1.65. The van der Waals surface area contributed by atoms with Crippen molar-refractivity contribution in [2.75, 3.05) is 18.9 Å². The van der Waals surface area contributed by atoms with E-state index in [4.69, 9.17) is 0 Å². The van der Waals surface area contributed by atoms with Crippen LogP contribution in [0.2, 0.25) is 0 Å². The van der Waals surface area contributed by atoms with Gasteiger partial charge in [-0.05, 0) is 18.2 Å². The summed E-state index contributed by atoms with van der Waals surface area (Å²) in [6.45, 7) is 0.379. The second-order valence-electron chi connectivity index (χ2n) is 5.17. The molecule has 0 aliphatic carbocycles. The summed E-state index contributed by atoms with van der Waals surface area (Å²) < 4.78 is 15.4. The molecule has 2 aromatic rings. The highest BCUT2D eigenvalue weighted by molar-refractivity contribution is 5.97. The first-order chi connectivity index (χ1) is 10.5. The molecule has 0 radical (unpaired) electrons. The van der Waals surface area contributed by atoms with E-state index in [0.717, 1.165) is 0 Å². The fraction of sp³-hybridized carbons (Fsp3) is 0.286. The summed E-state index contributed by atoms with van der Waals surface area (Å²) in [5.41, 5.74) is 0.583. The van der Waals surface area contributed by atoms with Crippen LogP contribution in [0.1, 0.15) is 6.42 Å². The van der Waals surface area contributed by atoms with Crippen LogP contribution in [-0.2, 0) is 9.59 Å². The van der Waals surface area contributed by atoms with Crippen LogP contribution in [0.5, 0.6) is 0 Å². The number of amides is 2. The lowest BCUT2D eigenvalue weighted by Gasteiger charge is -2.12. The average Bonchev–Trinajstić information content (AvgIpc) is 3.10. The van der Waals surface area contributed by atoms with E-state index >= 15 is 0 Å². The fourth-order valence-electron chi connectivity index (χ4n) is 2.39. The first kappa shape index (κ1) is 14.2. The number of likely N-dealkylation sites (tertiary alicyclic amines) is 1. The molecule has 0 unspecified atom stereocenters. The number of nitrogens with one attached hydrogen (secondary N) is 1. The van der Waals surface area contributed by atoms with Gasteiger partial charge in [0.15, 0.2) is 5.82 Å². The third-order valence-electron chi connectivity index (χ3n) is 3.59. The van der Waals surface area contributed by atoms with E-state index in [1.807, 2.05) is 0 Å². The highest BCUT2D eigenvalue weighted by atomic mass is 19.1. The molecule has 22 heavy (non-hydrogen) atoms. The molecule has 7 nitrogen and oxygen atoms in total. The molecule has 1 saturated heterocycles. The summed E-state index contributed by atoms with van der Waals surface area (Å²) in [6.07, 6.45) is 2.88. The summed E-state index contributed by atoms with van der Waals surface area (Å²) in [5.74, 6) is -1.28. The Morgan fingerprint density at radius 2 is 2.27 bits per heavy atom. The van der Waals surface area contributed by atoms with Crippen LogP contribution in [0, 0.1) is 11.7 Å². The highest BCUT2D eigenvalue weighted by Gasteiger charge is 2.32. The predicted molar refractivity (Wildman–Crippen MR) is 75.7 cm³/mol. The van der Waals surface area contributed by atoms with Crippen molar-refractivity contribution in [2.24, 2.45) is 5.92 Å². The Morgan fingerprint density at radius 3 is 2.86 bits per heavy atom. The third kappa shape index (κ3) is 2.67. The molecule has 2 amide bonds. The maximum Gasteiger partial charge on any atom is 0.229 e. The minimum Gasteiger partial charge on any atom is -0.345 e. The van der Waals surface area contributed by atoms with E-state index in [1.165, 1.54) is 34.4 Å². The molecule has 1 aliphatic heterocycles. The van der Waals surface area contributed by atoms with Gasteiger partial charge in [0.25, 0.3) is 0 Å². The van der Waals surface area contributed by atoms with E-state index in [1.54, 1.807) is 13.1 Å². The minimum atomic E-state index is -0.525. The van der Waals surface area contributed by atoms with Crippen LogP contribution in [0.15, 0.2) is 30.9 Å². The third-order valence-corrected chi connectivity index (χ3v) is 3.59. The number of rotatable bonds is 3. The molecule has 0 saturated carbocycles. The molecule has 3 rings (SSSR count). The van der Waals surface area contributed by atoms with E-state index in [-0.39, 0.29) is 23.9 Å². The van der Waals surface area contributed by atoms with Crippen LogP contribution in [0.4, 0.5) is 10.1 Å².